The third kappa shape index (κ3) is 2.04. The molecule has 0 aliphatic heterocycles. The number of carboxylic acids is 1. The Morgan fingerprint density at radius 3 is 2.56 bits per heavy atom. The fourth-order valence-electron chi connectivity index (χ4n) is 1.50. The van der Waals surface area contributed by atoms with Crippen LogP contribution < -0.4 is 5.69 Å². The van der Waals surface area contributed by atoms with Gasteiger partial charge in [-0.25, -0.2) is 9.59 Å². The summed E-state index contributed by atoms with van der Waals surface area (Å²) < 4.78 is 38.1. The minimum absolute atomic E-state index is 0.212. The van der Waals surface area contributed by atoms with Crippen LogP contribution in [0.1, 0.15) is 16.1 Å². The smallest absolute Gasteiger partial charge is 0.432 e. The number of hydrogen-bond donors (Lipinski definition) is 2. The molecule has 5 nitrogen and oxygen atoms in total. The summed E-state index contributed by atoms with van der Waals surface area (Å²) in [5.41, 5.74) is -2.98. The second kappa shape index (κ2) is 3.83. The molecule has 0 unspecified atom stereocenters. The summed E-state index contributed by atoms with van der Waals surface area (Å²) in [6.45, 7) is 0. The summed E-state index contributed by atoms with van der Waals surface area (Å²) >= 11 is 0. The summed E-state index contributed by atoms with van der Waals surface area (Å²) in [6.07, 6.45) is -4.79. The van der Waals surface area contributed by atoms with Crippen molar-refractivity contribution in [2.24, 2.45) is 0 Å². The Labute approximate surface area is 96.9 Å². The van der Waals surface area contributed by atoms with Gasteiger partial charge in [0.1, 0.15) is 5.69 Å². The maximum Gasteiger partial charge on any atom is 0.432 e. The van der Waals surface area contributed by atoms with Crippen molar-refractivity contribution < 1.29 is 23.1 Å². The van der Waals surface area contributed by atoms with Crippen molar-refractivity contribution in [1.82, 2.24) is 9.97 Å². The number of aromatic nitrogens is 2. The van der Waals surface area contributed by atoms with Crippen LogP contribution in [0.5, 0.6) is 0 Å². The van der Waals surface area contributed by atoms with E-state index in [1.165, 1.54) is 0 Å². The summed E-state index contributed by atoms with van der Waals surface area (Å²) in [5, 5.41) is 8.26. The zero-order valence-corrected chi connectivity index (χ0v) is 8.58. The molecule has 0 atom stereocenters. The highest BCUT2D eigenvalue weighted by molar-refractivity contribution is 5.94. The highest BCUT2D eigenvalue weighted by atomic mass is 19.4. The van der Waals surface area contributed by atoms with E-state index in [1.807, 2.05) is 0 Å². The Morgan fingerprint density at radius 1 is 1.33 bits per heavy atom. The Hall–Kier alpha value is -2.38. The van der Waals surface area contributed by atoms with Crippen LogP contribution in [0.4, 0.5) is 13.2 Å². The SMILES string of the molecule is O=C(O)c1ccc2nc(=O)[nH]c(C(F)(F)F)c2c1. The third-order valence-corrected chi connectivity index (χ3v) is 2.25. The molecular formula is C10H5F3N2O3. The average molecular weight is 258 g/mol. The van der Waals surface area contributed by atoms with Crippen molar-refractivity contribution in [3.8, 4) is 0 Å². The Bertz CT molecular complexity index is 691. The van der Waals surface area contributed by atoms with Crippen LogP contribution in [0.15, 0.2) is 23.0 Å². The molecule has 0 amide bonds. The summed E-state index contributed by atoms with van der Waals surface area (Å²) in [6, 6.07) is 2.96. The zero-order chi connectivity index (χ0) is 13.5. The van der Waals surface area contributed by atoms with Gasteiger partial charge < -0.3 is 10.1 Å². The largest absolute Gasteiger partial charge is 0.478 e. The number of H-pyrrole nitrogens is 1. The first-order valence-electron chi connectivity index (χ1n) is 4.63. The second-order valence-electron chi connectivity index (χ2n) is 3.45. The number of halogens is 3. The average Bonchev–Trinajstić information content (AvgIpc) is 2.25. The number of nitrogens with one attached hydrogen (secondary N) is 1. The molecule has 0 saturated carbocycles. The molecule has 1 aromatic heterocycles. The van der Waals surface area contributed by atoms with Crippen LogP contribution in [-0.2, 0) is 6.18 Å². The molecule has 94 valence electrons. The lowest BCUT2D eigenvalue weighted by molar-refractivity contribution is -0.140. The van der Waals surface area contributed by atoms with Gasteiger partial charge >= 0.3 is 17.8 Å². The molecule has 2 rings (SSSR count). The van der Waals surface area contributed by atoms with E-state index in [2.05, 4.69) is 4.98 Å². The predicted octanol–water partition coefficient (Wildman–Crippen LogP) is 1.64. The van der Waals surface area contributed by atoms with Gasteiger partial charge in [-0.15, -0.1) is 0 Å². The maximum absolute atomic E-state index is 12.7. The van der Waals surface area contributed by atoms with Crippen LogP contribution >= 0.6 is 0 Å². The molecule has 0 aliphatic carbocycles. The number of aromatic amines is 1. The summed E-state index contributed by atoms with van der Waals surface area (Å²) in [7, 11) is 0. The van der Waals surface area contributed by atoms with Crippen LogP contribution in [0.3, 0.4) is 0 Å². The second-order valence-corrected chi connectivity index (χ2v) is 3.45. The first kappa shape index (κ1) is 12.1. The molecule has 0 bridgehead atoms. The number of fused-ring (bicyclic) bond motifs is 1. The highest BCUT2D eigenvalue weighted by Gasteiger charge is 2.34. The molecule has 0 aliphatic rings. The molecule has 0 fully saturated rings. The fraction of sp³-hybridized carbons (Fsp3) is 0.100. The number of hydrogen-bond acceptors (Lipinski definition) is 3. The molecule has 8 heteroatoms. The predicted molar refractivity (Wildman–Crippen MR) is 54.3 cm³/mol. The molecule has 18 heavy (non-hydrogen) atoms. The normalized spacial score (nSPS) is 11.7. The van der Waals surface area contributed by atoms with E-state index in [0.29, 0.717) is 0 Å². The Kier molecular flexibility index (Phi) is 2.57. The summed E-state index contributed by atoms with van der Waals surface area (Å²) in [5.74, 6) is -1.36. The first-order valence-corrected chi connectivity index (χ1v) is 4.63. The molecule has 2 N–H and O–H groups in total. The summed E-state index contributed by atoms with van der Waals surface area (Å²) in [4.78, 5) is 26.6. The van der Waals surface area contributed by atoms with Gasteiger partial charge in [0.05, 0.1) is 11.1 Å². The minimum Gasteiger partial charge on any atom is -0.478 e. The number of carbonyl (C=O) groups is 1. The number of carboxylic acid groups (broad SMARTS) is 1. The standard InChI is InChI=1S/C10H5F3N2O3/c11-10(12,13)7-5-3-4(8(16)17)1-2-6(5)14-9(18)15-7/h1-3H,(H,16,17)(H,14,15,18). The molecule has 2 aromatic rings. The maximum atomic E-state index is 12.7. The van der Waals surface area contributed by atoms with Crippen molar-refractivity contribution in [2.75, 3.05) is 0 Å². The monoisotopic (exact) mass is 258 g/mol. The van der Waals surface area contributed by atoms with E-state index >= 15 is 0 Å². The van der Waals surface area contributed by atoms with E-state index in [-0.39, 0.29) is 11.1 Å². The third-order valence-electron chi connectivity index (χ3n) is 2.25. The molecule has 1 aromatic carbocycles. The first-order chi connectivity index (χ1) is 8.29. The van der Waals surface area contributed by atoms with Gasteiger partial charge in [-0.1, -0.05) is 0 Å². The Morgan fingerprint density at radius 2 is 2.00 bits per heavy atom. The van der Waals surface area contributed by atoms with Crippen LogP contribution in [0.25, 0.3) is 10.9 Å². The molecule has 0 saturated heterocycles. The van der Waals surface area contributed by atoms with Crippen molar-refractivity contribution in [3.05, 3.63) is 39.9 Å². The number of alkyl halides is 3. The Balaban J connectivity index is 2.87. The van der Waals surface area contributed by atoms with Crippen molar-refractivity contribution >= 4 is 16.9 Å². The molecule has 1 heterocycles. The van der Waals surface area contributed by atoms with Gasteiger partial charge in [0, 0.05) is 5.39 Å². The van der Waals surface area contributed by atoms with Crippen LogP contribution in [0, 0.1) is 0 Å². The number of rotatable bonds is 1. The van der Waals surface area contributed by atoms with E-state index in [0.717, 1.165) is 18.2 Å². The number of nitrogens with zero attached hydrogens (tertiary/aromatic N) is 1. The van der Waals surface area contributed by atoms with E-state index in [1.54, 1.807) is 4.98 Å². The van der Waals surface area contributed by atoms with Crippen LogP contribution in [0.2, 0.25) is 0 Å². The van der Waals surface area contributed by atoms with Crippen molar-refractivity contribution in [3.63, 3.8) is 0 Å². The number of benzene rings is 1. The number of aromatic carboxylic acids is 1. The van der Waals surface area contributed by atoms with Gasteiger partial charge in [0.15, 0.2) is 0 Å². The molecule has 0 radical (unpaired) electrons. The van der Waals surface area contributed by atoms with Gasteiger partial charge in [-0.3, -0.25) is 0 Å². The molecule has 0 spiro atoms. The van der Waals surface area contributed by atoms with Crippen LogP contribution in [-0.4, -0.2) is 21.0 Å². The van der Waals surface area contributed by atoms with Crippen molar-refractivity contribution in [1.29, 1.82) is 0 Å². The quantitative estimate of drug-likeness (QED) is 0.814. The highest BCUT2D eigenvalue weighted by Crippen LogP contribution is 2.31. The topological polar surface area (TPSA) is 83.0 Å². The lowest BCUT2D eigenvalue weighted by Crippen LogP contribution is -2.19. The lowest BCUT2D eigenvalue weighted by atomic mass is 10.1. The minimum atomic E-state index is -4.79. The van der Waals surface area contributed by atoms with Gasteiger partial charge in [0.25, 0.3) is 0 Å². The van der Waals surface area contributed by atoms with Gasteiger partial charge in [-0.2, -0.15) is 18.2 Å². The van der Waals surface area contributed by atoms with E-state index in [9.17, 15) is 22.8 Å². The lowest BCUT2D eigenvalue weighted by Gasteiger charge is -2.09. The van der Waals surface area contributed by atoms with Crippen molar-refractivity contribution in [2.45, 2.75) is 6.18 Å². The fourth-order valence-corrected chi connectivity index (χ4v) is 1.50. The van der Waals surface area contributed by atoms with E-state index in [4.69, 9.17) is 5.11 Å². The van der Waals surface area contributed by atoms with Gasteiger partial charge in [-0.05, 0) is 18.2 Å². The van der Waals surface area contributed by atoms with Gasteiger partial charge in [0.2, 0.25) is 0 Å². The van der Waals surface area contributed by atoms with E-state index < -0.39 is 28.9 Å². The molecular weight excluding hydrogens is 253 g/mol. The zero-order valence-electron chi connectivity index (χ0n) is 8.58.